The second kappa shape index (κ2) is 4.05. The zero-order valence-corrected chi connectivity index (χ0v) is 10.8. The molecule has 1 saturated heterocycles. The summed E-state index contributed by atoms with van der Waals surface area (Å²) in [4.78, 5) is 11.4. The molecule has 0 bridgehead atoms. The molecule has 2 rings (SSSR count). The van der Waals surface area contributed by atoms with E-state index in [9.17, 15) is 4.79 Å². The maximum absolute atomic E-state index is 11.4. The normalized spacial score (nSPS) is 39.2. The topological polar surface area (TPSA) is 26.3 Å². The Bertz CT molecular complexity index is 282. The smallest absolute Gasteiger partial charge is 0.305 e. The quantitative estimate of drug-likeness (QED) is 0.588. The molecule has 0 amide bonds. The third-order valence-corrected chi connectivity index (χ3v) is 4.92. The summed E-state index contributed by atoms with van der Waals surface area (Å²) in [6.45, 7) is 7.79. The Hall–Kier alpha value is -0.530. The zero-order valence-electron chi connectivity index (χ0n) is 10.8. The van der Waals surface area contributed by atoms with E-state index in [2.05, 4.69) is 20.8 Å². The van der Waals surface area contributed by atoms with E-state index in [1.807, 2.05) is 0 Å². The highest BCUT2D eigenvalue weighted by Gasteiger charge is 2.46. The van der Waals surface area contributed by atoms with Gasteiger partial charge in [0.15, 0.2) is 0 Å². The van der Waals surface area contributed by atoms with Gasteiger partial charge in [0.2, 0.25) is 0 Å². The first-order chi connectivity index (χ1) is 7.44. The van der Waals surface area contributed by atoms with Crippen molar-refractivity contribution < 1.29 is 9.53 Å². The van der Waals surface area contributed by atoms with Gasteiger partial charge in [-0.3, -0.25) is 4.79 Å². The Morgan fingerprint density at radius 3 is 2.69 bits per heavy atom. The van der Waals surface area contributed by atoms with E-state index in [0.717, 1.165) is 12.8 Å². The molecule has 2 fully saturated rings. The van der Waals surface area contributed by atoms with Gasteiger partial charge in [0.05, 0.1) is 6.61 Å². The first-order valence-corrected chi connectivity index (χ1v) is 6.60. The van der Waals surface area contributed by atoms with Crippen LogP contribution in [0.1, 0.15) is 59.3 Å². The number of ether oxygens (including phenoxy) is 1. The summed E-state index contributed by atoms with van der Waals surface area (Å²) in [5, 5.41) is 0. The van der Waals surface area contributed by atoms with Gasteiger partial charge in [0.25, 0.3) is 0 Å². The molecule has 0 N–H and O–H groups in total. The largest absolute Gasteiger partial charge is 0.466 e. The summed E-state index contributed by atoms with van der Waals surface area (Å²) < 4.78 is 5.23. The molecule has 16 heavy (non-hydrogen) atoms. The number of fused-ring (bicyclic) bond motifs is 1. The van der Waals surface area contributed by atoms with Gasteiger partial charge < -0.3 is 4.74 Å². The van der Waals surface area contributed by atoms with Crippen LogP contribution in [0.25, 0.3) is 0 Å². The summed E-state index contributed by atoms with van der Waals surface area (Å²) in [5.74, 6) is 0.713. The van der Waals surface area contributed by atoms with E-state index in [0.29, 0.717) is 29.8 Å². The van der Waals surface area contributed by atoms with Gasteiger partial charge >= 0.3 is 5.97 Å². The SMILES string of the molecule is CC1(C)CCCC2(C)CCC(=O)OCCC12. The van der Waals surface area contributed by atoms with E-state index in [1.165, 1.54) is 19.3 Å². The Kier molecular flexibility index (Phi) is 3.02. The van der Waals surface area contributed by atoms with Crippen LogP contribution in [0.2, 0.25) is 0 Å². The van der Waals surface area contributed by atoms with Gasteiger partial charge in [0.1, 0.15) is 0 Å². The van der Waals surface area contributed by atoms with Crippen LogP contribution in [-0.4, -0.2) is 12.6 Å². The average molecular weight is 224 g/mol. The predicted octanol–water partition coefficient (Wildman–Crippen LogP) is 3.55. The lowest BCUT2D eigenvalue weighted by molar-refractivity contribution is -0.150. The summed E-state index contributed by atoms with van der Waals surface area (Å²) >= 11 is 0. The summed E-state index contributed by atoms with van der Waals surface area (Å²) in [6.07, 6.45) is 6.60. The number of hydrogen-bond donors (Lipinski definition) is 0. The highest BCUT2D eigenvalue weighted by atomic mass is 16.5. The molecule has 2 aliphatic rings. The lowest BCUT2D eigenvalue weighted by Gasteiger charge is -2.52. The number of carbonyl (C=O) groups excluding carboxylic acids is 1. The fourth-order valence-corrected chi connectivity index (χ4v) is 4.03. The Labute approximate surface area is 98.7 Å². The van der Waals surface area contributed by atoms with Gasteiger partial charge in [-0.1, -0.05) is 27.2 Å². The fourth-order valence-electron chi connectivity index (χ4n) is 4.03. The van der Waals surface area contributed by atoms with Crippen molar-refractivity contribution >= 4 is 5.97 Å². The van der Waals surface area contributed by atoms with Crippen molar-refractivity contribution in [2.75, 3.05) is 6.61 Å². The number of esters is 1. The molecule has 2 heteroatoms. The molecule has 0 aromatic heterocycles. The molecule has 1 aliphatic heterocycles. The maximum atomic E-state index is 11.4. The molecule has 1 saturated carbocycles. The summed E-state index contributed by atoms with van der Waals surface area (Å²) in [7, 11) is 0. The second-order valence-electron chi connectivity index (χ2n) is 6.56. The highest BCUT2D eigenvalue weighted by Crippen LogP contribution is 2.55. The van der Waals surface area contributed by atoms with Crippen molar-refractivity contribution in [1.82, 2.24) is 0 Å². The van der Waals surface area contributed by atoms with Crippen LogP contribution in [0, 0.1) is 16.7 Å². The minimum absolute atomic E-state index is 0.00283. The van der Waals surface area contributed by atoms with Gasteiger partial charge in [-0.15, -0.1) is 0 Å². The molecule has 0 spiro atoms. The van der Waals surface area contributed by atoms with Gasteiger partial charge in [-0.25, -0.2) is 0 Å². The monoisotopic (exact) mass is 224 g/mol. The van der Waals surface area contributed by atoms with Gasteiger partial charge in [-0.05, 0) is 42.4 Å². The lowest BCUT2D eigenvalue weighted by Crippen LogP contribution is -2.44. The molecule has 2 atom stereocenters. The molecule has 2 unspecified atom stereocenters. The van der Waals surface area contributed by atoms with Crippen molar-refractivity contribution in [1.29, 1.82) is 0 Å². The van der Waals surface area contributed by atoms with E-state index in [1.54, 1.807) is 0 Å². The number of hydrogen-bond acceptors (Lipinski definition) is 2. The lowest BCUT2D eigenvalue weighted by atomic mass is 9.54. The van der Waals surface area contributed by atoms with Crippen LogP contribution in [0.4, 0.5) is 0 Å². The molecule has 2 nitrogen and oxygen atoms in total. The van der Waals surface area contributed by atoms with E-state index in [4.69, 9.17) is 4.74 Å². The van der Waals surface area contributed by atoms with Gasteiger partial charge in [-0.2, -0.15) is 0 Å². The number of carbonyl (C=O) groups is 1. The van der Waals surface area contributed by atoms with Crippen molar-refractivity contribution in [2.24, 2.45) is 16.7 Å². The van der Waals surface area contributed by atoms with Crippen LogP contribution in [0.3, 0.4) is 0 Å². The van der Waals surface area contributed by atoms with Crippen molar-refractivity contribution in [2.45, 2.75) is 59.3 Å². The van der Waals surface area contributed by atoms with E-state index < -0.39 is 0 Å². The molecule has 92 valence electrons. The fraction of sp³-hybridized carbons (Fsp3) is 0.929. The molecule has 0 aromatic rings. The second-order valence-corrected chi connectivity index (χ2v) is 6.56. The third-order valence-electron chi connectivity index (χ3n) is 4.92. The highest BCUT2D eigenvalue weighted by molar-refractivity contribution is 5.69. The maximum Gasteiger partial charge on any atom is 0.305 e. The minimum atomic E-state index is 0.00283. The molecular formula is C14H24O2. The molecule has 1 aliphatic carbocycles. The van der Waals surface area contributed by atoms with Crippen LogP contribution < -0.4 is 0 Å². The van der Waals surface area contributed by atoms with Crippen LogP contribution >= 0.6 is 0 Å². The first kappa shape index (κ1) is 11.9. The molecule has 0 aromatic carbocycles. The Morgan fingerprint density at radius 1 is 1.19 bits per heavy atom. The molecule has 1 heterocycles. The van der Waals surface area contributed by atoms with Crippen molar-refractivity contribution in [3.8, 4) is 0 Å². The summed E-state index contributed by atoms with van der Waals surface area (Å²) in [5.41, 5.74) is 0.776. The Balaban J connectivity index is 2.20. The van der Waals surface area contributed by atoms with E-state index >= 15 is 0 Å². The average Bonchev–Trinajstić information content (AvgIpc) is 2.17. The predicted molar refractivity (Wildman–Crippen MR) is 64.0 cm³/mol. The van der Waals surface area contributed by atoms with Crippen LogP contribution in [0.5, 0.6) is 0 Å². The van der Waals surface area contributed by atoms with Crippen molar-refractivity contribution in [3.05, 3.63) is 0 Å². The molecular weight excluding hydrogens is 200 g/mol. The molecule has 0 radical (unpaired) electrons. The van der Waals surface area contributed by atoms with Gasteiger partial charge in [0, 0.05) is 6.42 Å². The van der Waals surface area contributed by atoms with Crippen molar-refractivity contribution in [3.63, 3.8) is 0 Å². The standard InChI is InChI=1S/C14H24O2/c1-13(2)7-4-8-14(3)9-5-12(15)16-10-6-11(13)14/h11H,4-10H2,1-3H3. The van der Waals surface area contributed by atoms with Crippen LogP contribution in [-0.2, 0) is 9.53 Å². The zero-order chi connectivity index (χ0) is 11.8. The Morgan fingerprint density at radius 2 is 1.94 bits per heavy atom. The third kappa shape index (κ3) is 2.11. The summed E-state index contributed by atoms with van der Waals surface area (Å²) in [6, 6.07) is 0. The minimum Gasteiger partial charge on any atom is -0.466 e. The van der Waals surface area contributed by atoms with Crippen LogP contribution in [0.15, 0.2) is 0 Å². The number of cyclic esters (lactones) is 1. The number of rotatable bonds is 0. The van der Waals surface area contributed by atoms with E-state index in [-0.39, 0.29) is 5.97 Å². The first-order valence-electron chi connectivity index (χ1n) is 6.60.